The van der Waals surface area contributed by atoms with Crippen LogP contribution in [0.25, 0.3) is 5.69 Å². The molecule has 1 aromatic carbocycles. The van der Waals surface area contributed by atoms with E-state index in [1.54, 1.807) is 29.8 Å². The average Bonchev–Trinajstić information content (AvgIpc) is 2.85. The molecule has 1 heterocycles. The fourth-order valence-electron chi connectivity index (χ4n) is 1.68. The lowest BCUT2D eigenvalue weighted by molar-refractivity contribution is -0.118. The summed E-state index contributed by atoms with van der Waals surface area (Å²) in [6.45, 7) is 1.96. The number of carbonyl (C=O) groups excluding carboxylic acids is 1. The third kappa shape index (κ3) is 3.16. The number of amides is 1. The lowest BCUT2D eigenvalue weighted by atomic mass is 10.2. The van der Waals surface area contributed by atoms with Crippen LogP contribution in [0.2, 0.25) is 0 Å². The smallest absolute Gasteiger partial charge is 0.243 e. The molecule has 0 radical (unpaired) electrons. The Morgan fingerprint density at radius 1 is 1.55 bits per heavy atom. The summed E-state index contributed by atoms with van der Waals surface area (Å²) in [6.07, 6.45) is 0. The van der Waals surface area contributed by atoms with Gasteiger partial charge in [-0.2, -0.15) is 4.68 Å². The number of hydrogen-bond donors (Lipinski definition) is 2. The molecule has 0 fully saturated rings. The number of ether oxygens (including phenoxy) is 1. The molecule has 0 saturated carbocycles. The molecule has 0 aliphatic carbocycles. The molecule has 2 aromatic rings. The van der Waals surface area contributed by atoms with Crippen molar-refractivity contribution >= 4 is 11.6 Å². The molecule has 20 heavy (non-hydrogen) atoms. The van der Waals surface area contributed by atoms with Crippen LogP contribution in [-0.2, 0) is 9.53 Å². The molecule has 0 spiro atoms. The average molecular weight is 276 g/mol. The fraction of sp³-hybridized carbons (Fsp3) is 0.333. The summed E-state index contributed by atoms with van der Waals surface area (Å²) in [4.78, 5) is 11.8. The van der Waals surface area contributed by atoms with Gasteiger partial charge in [-0.25, -0.2) is 0 Å². The predicted octanol–water partition coefficient (Wildman–Crippen LogP) is -0.117. The normalized spacial score (nSPS) is 12.2. The van der Waals surface area contributed by atoms with Crippen molar-refractivity contribution in [2.45, 2.75) is 13.0 Å². The highest BCUT2D eigenvalue weighted by Crippen LogP contribution is 2.14. The summed E-state index contributed by atoms with van der Waals surface area (Å²) < 4.78 is 6.42. The van der Waals surface area contributed by atoms with E-state index in [4.69, 9.17) is 10.5 Å². The molecule has 8 heteroatoms. The van der Waals surface area contributed by atoms with Gasteiger partial charge in [0.2, 0.25) is 5.91 Å². The molecular weight excluding hydrogens is 260 g/mol. The number of rotatable bonds is 5. The maximum atomic E-state index is 11.8. The maximum Gasteiger partial charge on any atom is 0.243 e. The lowest BCUT2D eigenvalue weighted by Gasteiger charge is -2.12. The zero-order valence-corrected chi connectivity index (χ0v) is 11.3. The first-order valence-corrected chi connectivity index (χ1v) is 6.02. The monoisotopic (exact) mass is 276 g/mol. The number of anilines is 1. The van der Waals surface area contributed by atoms with Crippen molar-refractivity contribution in [3.05, 3.63) is 30.1 Å². The molecule has 2 rings (SSSR count). The van der Waals surface area contributed by atoms with Crippen LogP contribution in [0.5, 0.6) is 0 Å². The van der Waals surface area contributed by atoms with Gasteiger partial charge < -0.3 is 15.8 Å². The van der Waals surface area contributed by atoms with E-state index in [0.717, 1.165) is 5.69 Å². The van der Waals surface area contributed by atoms with E-state index in [2.05, 4.69) is 20.8 Å². The largest absolute Gasteiger partial charge is 0.383 e. The highest BCUT2D eigenvalue weighted by atomic mass is 16.5. The summed E-state index contributed by atoms with van der Waals surface area (Å²) in [5.41, 5.74) is 7.03. The van der Waals surface area contributed by atoms with Crippen LogP contribution >= 0.6 is 0 Å². The van der Waals surface area contributed by atoms with Crippen LogP contribution in [0.4, 0.5) is 5.69 Å². The highest BCUT2D eigenvalue weighted by molar-refractivity contribution is 5.95. The molecule has 1 atom stereocenters. The molecule has 1 aromatic heterocycles. The first-order valence-electron chi connectivity index (χ1n) is 6.02. The predicted molar refractivity (Wildman–Crippen MR) is 72.4 cm³/mol. The second-order valence-corrected chi connectivity index (χ2v) is 4.24. The van der Waals surface area contributed by atoms with Crippen molar-refractivity contribution < 1.29 is 9.53 Å². The van der Waals surface area contributed by atoms with Gasteiger partial charge in [-0.3, -0.25) is 4.79 Å². The van der Waals surface area contributed by atoms with Crippen LogP contribution < -0.4 is 11.1 Å². The molecule has 0 aliphatic rings. The van der Waals surface area contributed by atoms with Crippen LogP contribution in [0.3, 0.4) is 0 Å². The molecule has 0 aliphatic heterocycles. The second kappa shape index (κ2) is 6.22. The van der Waals surface area contributed by atoms with Gasteiger partial charge in [-0.15, -0.1) is 5.10 Å². The third-order valence-electron chi connectivity index (χ3n) is 2.67. The number of tetrazole rings is 1. The molecule has 0 bridgehead atoms. The van der Waals surface area contributed by atoms with E-state index in [-0.39, 0.29) is 12.5 Å². The Bertz CT molecular complexity index is 597. The van der Waals surface area contributed by atoms with Gasteiger partial charge in [-0.1, -0.05) is 6.07 Å². The molecule has 1 unspecified atom stereocenters. The Hall–Kier alpha value is -2.32. The zero-order valence-electron chi connectivity index (χ0n) is 11.3. The molecule has 3 N–H and O–H groups in total. The van der Waals surface area contributed by atoms with Crippen molar-refractivity contribution in [1.29, 1.82) is 0 Å². The number of hydrogen-bond acceptors (Lipinski definition) is 6. The summed E-state index contributed by atoms with van der Waals surface area (Å²) in [5, 5.41) is 14.0. The van der Waals surface area contributed by atoms with E-state index in [1.807, 2.05) is 6.07 Å². The number of carbonyl (C=O) groups is 1. The van der Waals surface area contributed by atoms with Crippen molar-refractivity contribution in [1.82, 2.24) is 20.2 Å². The second-order valence-electron chi connectivity index (χ2n) is 4.24. The van der Waals surface area contributed by atoms with Crippen molar-refractivity contribution in [3.8, 4) is 5.69 Å². The van der Waals surface area contributed by atoms with Gasteiger partial charge in [0.25, 0.3) is 0 Å². The quantitative estimate of drug-likeness (QED) is 0.788. The van der Waals surface area contributed by atoms with Gasteiger partial charge in [0, 0.05) is 12.8 Å². The summed E-state index contributed by atoms with van der Waals surface area (Å²) in [7, 11) is 1.49. The number of nitrogens with one attached hydrogen (secondary N) is 1. The minimum Gasteiger partial charge on any atom is -0.383 e. The van der Waals surface area contributed by atoms with Crippen molar-refractivity contribution in [3.63, 3.8) is 0 Å². The molecule has 1 amide bonds. The molecular formula is C12H16N6O2. The lowest BCUT2D eigenvalue weighted by Crippen LogP contribution is -2.39. The van der Waals surface area contributed by atoms with Crippen molar-refractivity contribution in [2.24, 2.45) is 5.73 Å². The maximum absolute atomic E-state index is 11.8. The van der Waals surface area contributed by atoms with Gasteiger partial charge in [0.05, 0.1) is 12.3 Å². The standard InChI is InChI=1S/C12H16N6O2/c1-8-15-16-17-18(8)10-5-3-4-9(6-10)14-12(19)11(13)7-20-2/h3-6,11H,7,13H2,1-2H3,(H,14,19). The van der Waals surface area contributed by atoms with Gasteiger partial charge in [-0.05, 0) is 35.5 Å². The number of nitrogens with two attached hydrogens (primary N) is 1. The Balaban J connectivity index is 2.15. The van der Waals surface area contributed by atoms with Crippen LogP contribution in [0, 0.1) is 6.92 Å². The number of methoxy groups -OCH3 is 1. The Morgan fingerprint density at radius 2 is 2.35 bits per heavy atom. The summed E-state index contributed by atoms with van der Waals surface area (Å²) in [6, 6.07) is 6.46. The number of benzene rings is 1. The minimum absolute atomic E-state index is 0.164. The summed E-state index contributed by atoms with van der Waals surface area (Å²) >= 11 is 0. The Morgan fingerprint density at radius 3 is 3.00 bits per heavy atom. The van der Waals surface area contributed by atoms with E-state index < -0.39 is 6.04 Å². The van der Waals surface area contributed by atoms with Gasteiger partial charge >= 0.3 is 0 Å². The number of aromatic nitrogens is 4. The van der Waals surface area contributed by atoms with Crippen LogP contribution in [0.1, 0.15) is 5.82 Å². The van der Waals surface area contributed by atoms with Crippen LogP contribution in [0.15, 0.2) is 24.3 Å². The number of nitrogens with zero attached hydrogens (tertiary/aromatic N) is 4. The van der Waals surface area contributed by atoms with E-state index in [9.17, 15) is 4.79 Å². The van der Waals surface area contributed by atoms with Gasteiger partial charge in [0.15, 0.2) is 5.82 Å². The molecule has 8 nitrogen and oxygen atoms in total. The highest BCUT2D eigenvalue weighted by Gasteiger charge is 2.13. The Kier molecular flexibility index (Phi) is 4.38. The fourth-order valence-corrected chi connectivity index (χ4v) is 1.68. The third-order valence-corrected chi connectivity index (χ3v) is 2.67. The first kappa shape index (κ1) is 14.1. The molecule has 0 saturated heterocycles. The van der Waals surface area contributed by atoms with Crippen molar-refractivity contribution in [2.75, 3.05) is 19.0 Å². The topological polar surface area (TPSA) is 108 Å². The van der Waals surface area contributed by atoms with E-state index in [0.29, 0.717) is 11.5 Å². The molecule has 106 valence electrons. The Labute approximate surface area is 115 Å². The SMILES string of the molecule is COCC(N)C(=O)Nc1cccc(-n2nnnc2C)c1. The minimum atomic E-state index is -0.710. The van der Waals surface area contributed by atoms with E-state index in [1.165, 1.54) is 7.11 Å². The summed E-state index contributed by atoms with van der Waals surface area (Å²) in [5.74, 6) is 0.349. The van der Waals surface area contributed by atoms with Crippen LogP contribution in [-0.4, -0.2) is 45.9 Å². The zero-order chi connectivity index (χ0) is 14.5. The number of aryl methyl sites for hydroxylation is 1. The first-order chi connectivity index (χ1) is 9.61. The van der Waals surface area contributed by atoms with Gasteiger partial charge in [0.1, 0.15) is 6.04 Å². The van der Waals surface area contributed by atoms with E-state index >= 15 is 0 Å².